The van der Waals surface area contributed by atoms with Crippen LogP contribution < -0.4 is 0 Å². The van der Waals surface area contributed by atoms with Crippen LogP contribution in [0.1, 0.15) is 31.2 Å². The Labute approximate surface area is 110 Å². The van der Waals surface area contributed by atoms with Gasteiger partial charge in [-0.1, -0.05) is 42.9 Å². The van der Waals surface area contributed by atoms with E-state index in [0.717, 1.165) is 37.8 Å². The molecule has 18 heavy (non-hydrogen) atoms. The quantitative estimate of drug-likeness (QED) is 0.823. The maximum Gasteiger partial charge on any atom is 0.0774 e. The lowest BCUT2D eigenvalue weighted by molar-refractivity contribution is 0.0196. The fourth-order valence-electron chi connectivity index (χ4n) is 2.55. The molecule has 1 aliphatic rings. The third-order valence-corrected chi connectivity index (χ3v) is 3.45. The molecule has 1 aliphatic carbocycles. The Bertz CT molecular complexity index is 423. The maximum atomic E-state index is 10.3. The fourth-order valence-corrected chi connectivity index (χ4v) is 2.55. The predicted molar refractivity (Wildman–Crippen MR) is 74.2 cm³/mol. The Hall–Kier alpha value is -1.30. The Balaban J connectivity index is 1.82. The molecule has 1 saturated carbocycles. The molecule has 96 valence electrons. The van der Waals surface area contributed by atoms with Gasteiger partial charge in [0.15, 0.2) is 0 Å². The van der Waals surface area contributed by atoms with E-state index in [0.29, 0.717) is 6.54 Å². The molecule has 0 spiro atoms. The molecule has 2 heteroatoms. The molecule has 1 aromatic carbocycles. The number of aliphatic hydroxyl groups is 1. The van der Waals surface area contributed by atoms with E-state index in [1.54, 1.807) is 0 Å². The van der Waals surface area contributed by atoms with Crippen LogP contribution in [-0.4, -0.2) is 35.7 Å². The molecule has 0 heterocycles. The molecule has 2 rings (SSSR count). The molecule has 0 atom stereocenters. The van der Waals surface area contributed by atoms with Crippen LogP contribution in [0.2, 0.25) is 0 Å². The maximum absolute atomic E-state index is 10.3. The van der Waals surface area contributed by atoms with Crippen LogP contribution in [-0.2, 0) is 0 Å². The molecule has 0 radical (unpaired) electrons. The molecular weight excluding hydrogens is 222 g/mol. The van der Waals surface area contributed by atoms with Gasteiger partial charge in [0.25, 0.3) is 0 Å². The Morgan fingerprint density at radius 2 is 1.89 bits per heavy atom. The largest absolute Gasteiger partial charge is 0.389 e. The minimum absolute atomic E-state index is 0.469. The van der Waals surface area contributed by atoms with Crippen LogP contribution in [0.25, 0.3) is 0 Å². The summed E-state index contributed by atoms with van der Waals surface area (Å²) < 4.78 is 0. The number of rotatable bonds is 3. The highest BCUT2D eigenvalue weighted by Gasteiger charge is 2.31. The van der Waals surface area contributed by atoms with Crippen LogP contribution in [0.15, 0.2) is 30.3 Å². The third-order valence-electron chi connectivity index (χ3n) is 3.45. The van der Waals surface area contributed by atoms with Crippen molar-refractivity contribution in [3.8, 4) is 11.8 Å². The lowest BCUT2D eigenvalue weighted by Crippen LogP contribution is -2.39. The van der Waals surface area contributed by atoms with Crippen molar-refractivity contribution >= 4 is 0 Å². The summed E-state index contributed by atoms with van der Waals surface area (Å²) >= 11 is 0. The summed E-state index contributed by atoms with van der Waals surface area (Å²) in [6.07, 6.45) is 4.17. The summed E-state index contributed by atoms with van der Waals surface area (Å²) in [4.78, 5) is 2.11. The monoisotopic (exact) mass is 243 g/mol. The average Bonchev–Trinajstić information content (AvgIpc) is 2.77. The van der Waals surface area contributed by atoms with Crippen molar-refractivity contribution < 1.29 is 5.11 Å². The first-order valence-corrected chi connectivity index (χ1v) is 6.63. The zero-order valence-corrected chi connectivity index (χ0v) is 11.0. The second-order valence-corrected chi connectivity index (χ2v) is 5.27. The SMILES string of the molecule is CN(CC#Cc1ccccc1)CC1(O)CCCC1. The van der Waals surface area contributed by atoms with Crippen molar-refractivity contribution in [2.24, 2.45) is 0 Å². The van der Waals surface area contributed by atoms with Gasteiger partial charge in [0.2, 0.25) is 0 Å². The van der Waals surface area contributed by atoms with Gasteiger partial charge in [-0.05, 0) is 32.0 Å². The predicted octanol–water partition coefficient (Wildman–Crippen LogP) is 2.28. The minimum Gasteiger partial charge on any atom is -0.389 e. The number of hydrogen-bond acceptors (Lipinski definition) is 2. The zero-order valence-electron chi connectivity index (χ0n) is 11.0. The second kappa shape index (κ2) is 6.04. The van der Waals surface area contributed by atoms with Crippen LogP contribution >= 0.6 is 0 Å². The second-order valence-electron chi connectivity index (χ2n) is 5.27. The van der Waals surface area contributed by atoms with E-state index in [2.05, 4.69) is 16.7 Å². The standard InChI is InChI=1S/C16H21NO/c1-17(14-16(18)11-5-6-12-16)13-7-10-15-8-3-2-4-9-15/h2-4,8-9,18H,5-6,11-14H2,1H3. The molecule has 0 unspecified atom stereocenters. The molecule has 1 fully saturated rings. The van der Waals surface area contributed by atoms with Crippen molar-refractivity contribution in [2.45, 2.75) is 31.3 Å². The van der Waals surface area contributed by atoms with E-state index in [4.69, 9.17) is 0 Å². The fraction of sp³-hybridized carbons (Fsp3) is 0.500. The number of benzene rings is 1. The first kappa shape index (κ1) is 13.1. The molecule has 1 aromatic rings. The van der Waals surface area contributed by atoms with E-state index in [1.165, 1.54) is 0 Å². The van der Waals surface area contributed by atoms with E-state index in [1.807, 2.05) is 37.4 Å². The van der Waals surface area contributed by atoms with Gasteiger partial charge >= 0.3 is 0 Å². The Morgan fingerprint density at radius 3 is 2.56 bits per heavy atom. The number of hydrogen-bond donors (Lipinski definition) is 1. The normalized spacial score (nSPS) is 17.5. The summed E-state index contributed by atoms with van der Waals surface area (Å²) in [6, 6.07) is 10.0. The minimum atomic E-state index is -0.469. The molecule has 0 bridgehead atoms. The Kier molecular flexibility index (Phi) is 4.41. The molecular formula is C16H21NO. The summed E-state index contributed by atoms with van der Waals surface area (Å²) in [5.41, 5.74) is 0.578. The first-order chi connectivity index (χ1) is 8.68. The summed E-state index contributed by atoms with van der Waals surface area (Å²) in [5.74, 6) is 6.30. The van der Waals surface area contributed by atoms with Crippen LogP contribution in [0, 0.1) is 11.8 Å². The van der Waals surface area contributed by atoms with Gasteiger partial charge in [-0.15, -0.1) is 0 Å². The van der Waals surface area contributed by atoms with Crippen LogP contribution in [0.4, 0.5) is 0 Å². The Morgan fingerprint density at radius 1 is 1.22 bits per heavy atom. The third kappa shape index (κ3) is 3.87. The van der Waals surface area contributed by atoms with Gasteiger partial charge in [0.05, 0.1) is 12.1 Å². The topological polar surface area (TPSA) is 23.5 Å². The van der Waals surface area contributed by atoms with Gasteiger partial charge in [0.1, 0.15) is 0 Å². The van der Waals surface area contributed by atoms with Gasteiger partial charge < -0.3 is 5.11 Å². The first-order valence-electron chi connectivity index (χ1n) is 6.63. The van der Waals surface area contributed by atoms with Gasteiger partial charge in [0, 0.05) is 12.1 Å². The smallest absolute Gasteiger partial charge is 0.0774 e. The number of likely N-dealkylation sites (N-methyl/N-ethyl adjacent to an activating group) is 1. The average molecular weight is 243 g/mol. The molecule has 2 nitrogen and oxygen atoms in total. The molecule has 0 aliphatic heterocycles. The van der Waals surface area contributed by atoms with Gasteiger partial charge in [-0.2, -0.15) is 0 Å². The van der Waals surface area contributed by atoms with Crippen LogP contribution in [0.3, 0.4) is 0 Å². The molecule has 1 N–H and O–H groups in total. The van der Waals surface area contributed by atoms with Gasteiger partial charge in [-0.25, -0.2) is 0 Å². The molecule has 0 saturated heterocycles. The highest BCUT2D eigenvalue weighted by molar-refractivity contribution is 5.33. The molecule has 0 aromatic heterocycles. The van der Waals surface area contributed by atoms with Crippen molar-refractivity contribution in [3.05, 3.63) is 35.9 Å². The summed E-state index contributed by atoms with van der Waals surface area (Å²) in [7, 11) is 2.02. The number of nitrogens with zero attached hydrogens (tertiary/aromatic N) is 1. The summed E-state index contributed by atoms with van der Waals surface area (Å²) in [6.45, 7) is 1.44. The van der Waals surface area contributed by atoms with Crippen molar-refractivity contribution in [1.82, 2.24) is 4.90 Å². The van der Waals surface area contributed by atoms with E-state index in [9.17, 15) is 5.11 Å². The van der Waals surface area contributed by atoms with Crippen molar-refractivity contribution in [1.29, 1.82) is 0 Å². The van der Waals surface area contributed by atoms with Crippen LogP contribution in [0.5, 0.6) is 0 Å². The molecule has 0 amide bonds. The lowest BCUT2D eigenvalue weighted by Gasteiger charge is -2.27. The highest BCUT2D eigenvalue weighted by Crippen LogP contribution is 2.29. The lowest BCUT2D eigenvalue weighted by atomic mass is 10.0. The van der Waals surface area contributed by atoms with Crippen molar-refractivity contribution in [2.75, 3.05) is 20.1 Å². The zero-order chi connectivity index (χ0) is 12.8. The van der Waals surface area contributed by atoms with E-state index >= 15 is 0 Å². The van der Waals surface area contributed by atoms with E-state index < -0.39 is 5.60 Å². The van der Waals surface area contributed by atoms with Gasteiger partial charge in [-0.3, -0.25) is 4.90 Å². The van der Waals surface area contributed by atoms with E-state index in [-0.39, 0.29) is 0 Å². The highest BCUT2D eigenvalue weighted by atomic mass is 16.3. The summed E-state index contributed by atoms with van der Waals surface area (Å²) in [5, 5.41) is 10.3. The van der Waals surface area contributed by atoms with Crippen molar-refractivity contribution in [3.63, 3.8) is 0 Å².